The van der Waals surface area contributed by atoms with E-state index in [4.69, 9.17) is 22.9 Å². The van der Waals surface area contributed by atoms with Crippen LogP contribution in [0.15, 0.2) is 36.4 Å². The number of nitrogens with two attached hydrogens (primary N) is 4. The second-order valence-corrected chi connectivity index (χ2v) is 4.24. The summed E-state index contributed by atoms with van der Waals surface area (Å²) < 4.78 is 0. The summed E-state index contributed by atoms with van der Waals surface area (Å²) in [7, 11) is 0. The number of hydrogen-bond acceptors (Lipinski definition) is 4. The summed E-state index contributed by atoms with van der Waals surface area (Å²) in [4.78, 5) is 0. The molecule has 0 bridgehead atoms. The van der Waals surface area contributed by atoms with Crippen molar-refractivity contribution in [3.63, 3.8) is 0 Å². The minimum Gasteiger partial charge on any atom is -0.399 e. The Labute approximate surface area is 108 Å². The molecule has 18 heavy (non-hydrogen) atoms. The number of rotatable bonds is 0. The Hall–Kier alpha value is -2.36. The Bertz CT molecular complexity index is 474. The van der Waals surface area contributed by atoms with E-state index in [1.54, 1.807) is 24.3 Å². The molecule has 0 amide bonds. The number of benzene rings is 2. The highest BCUT2D eigenvalue weighted by molar-refractivity contribution is 5.59. The van der Waals surface area contributed by atoms with Crippen LogP contribution in [-0.2, 0) is 0 Å². The second-order valence-electron chi connectivity index (χ2n) is 4.24. The molecule has 0 aliphatic carbocycles. The monoisotopic (exact) mass is 244 g/mol. The molecule has 96 valence electrons. The van der Waals surface area contributed by atoms with Gasteiger partial charge in [-0.25, -0.2) is 0 Å². The highest BCUT2D eigenvalue weighted by Gasteiger charge is 1.97. The van der Waals surface area contributed by atoms with Gasteiger partial charge in [0.1, 0.15) is 0 Å². The van der Waals surface area contributed by atoms with Crippen LogP contribution in [0.25, 0.3) is 0 Å². The summed E-state index contributed by atoms with van der Waals surface area (Å²) in [5.74, 6) is 0. The summed E-state index contributed by atoms with van der Waals surface area (Å²) >= 11 is 0. The normalized spacial score (nSPS) is 9.44. The molecular formula is C14H20N4. The maximum atomic E-state index is 5.70. The third kappa shape index (κ3) is 3.90. The van der Waals surface area contributed by atoms with Gasteiger partial charge in [-0.3, -0.25) is 0 Å². The van der Waals surface area contributed by atoms with E-state index < -0.39 is 0 Å². The van der Waals surface area contributed by atoms with E-state index in [0.717, 1.165) is 33.9 Å². The first kappa shape index (κ1) is 13.7. The van der Waals surface area contributed by atoms with Crippen LogP contribution in [0.5, 0.6) is 0 Å². The third-order valence-corrected chi connectivity index (χ3v) is 2.55. The lowest BCUT2D eigenvalue weighted by atomic mass is 10.1. The van der Waals surface area contributed by atoms with Crippen molar-refractivity contribution in [1.82, 2.24) is 0 Å². The molecule has 0 atom stereocenters. The van der Waals surface area contributed by atoms with Crippen molar-refractivity contribution < 1.29 is 0 Å². The van der Waals surface area contributed by atoms with E-state index in [9.17, 15) is 0 Å². The van der Waals surface area contributed by atoms with Gasteiger partial charge in [0.15, 0.2) is 0 Å². The molecule has 0 saturated heterocycles. The molecule has 4 heteroatoms. The van der Waals surface area contributed by atoms with Gasteiger partial charge in [0.25, 0.3) is 0 Å². The molecular weight excluding hydrogens is 224 g/mol. The predicted molar refractivity (Wildman–Crippen MR) is 80.0 cm³/mol. The first-order valence-electron chi connectivity index (χ1n) is 5.63. The lowest BCUT2D eigenvalue weighted by molar-refractivity contribution is 1.39. The maximum Gasteiger partial charge on any atom is 0.0374 e. The van der Waals surface area contributed by atoms with Crippen molar-refractivity contribution in [2.75, 3.05) is 22.9 Å². The van der Waals surface area contributed by atoms with Gasteiger partial charge in [-0.05, 0) is 61.4 Å². The fourth-order valence-electron chi connectivity index (χ4n) is 1.50. The second kappa shape index (κ2) is 5.82. The van der Waals surface area contributed by atoms with Gasteiger partial charge < -0.3 is 22.9 Å². The minimum absolute atomic E-state index is 0.749. The van der Waals surface area contributed by atoms with Gasteiger partial charge in [-0.1, -0.05) is 0 Å². The Morgan fingerprint density at radius 3 is 1.28 bits per heavy atom. The first-order valence-corrected chi connectivity index (χ1v) is 5.63. The van der Waals surface area contributed by atoms with Crippen LogP contribution in [-0.4, -0.2) is 0 Å². The molecule has 2 aromatic carbocycles. The molecule has 0 aromatic heterocycles. The molecule has 4 nitrogen and oxygen atoms in total. The number of anilines is 4. The summed E-state index contributed by atoms with van der Waals surface area (Å²) in [6.45, 7) is 3.91. The van der Waals surface area contributed by atoms with E-state index >= 15 is 0 Å². The van der Waals surface area contributed by atoms with Crippen molar-refractivity contribution in [2.24, 2.45) is 0 Å². The van der Waals surface area contributed by atoms with Crippen LogP contribution < -0.4 is 22.9 Å². The zero-order chi connectivity index (χ0) is 13.7. The zero-order valence-electron chi connectivity index (χ0n) is 10.8. The van der Waals surface area contributed by atoms with E-state index in [-0.39, 0.29) is 0 Å². The smallest absolute Gasteiger partial charge is 0.0374 e. The summed E-state index contributed by atoms with van der Waals surface area (Å²) in [5.41, 5.74) is 27.2. The SMILES string of the molecule is Cc1cc(N)cc(C)c1N.Nc1ccc(N)cc1. The molecule has 0 saturated carbocycles. The molecule has 2 aromatic rings. The van der Waals surface area contributed by atoms with Gasteiger partial charge >= 0.3 is 0 Å². The molecule has 0 aliphatic heterocycles. The highest BCUT2D eigenvalue weighted by Crippen LogP contribution is 2.19. The Balaban J connectivity index is 0.000000184. The maximum absolute atomic E-state index is 5.70. The van der Waals surface area contributed by atoms with E-state index in [2.05, 4.69) is 0 Å². The van der Waals surface area contributed by atoms with E-state index in [0.29, 0.717) is 0 Å². The molecule has 0 radical (unpaired) electrons. The lowest BCUT2D eigenvalue weighted by Crippen LogP contribution is -1.95. The molecule has 0 spiro atoms. The van der Waals surface area contributed by atoms with Gasteiger partial charge in [-0.15, -0.1) is 0 Å². The Morgan fingerprint density at radius 1 is 0.611 bits per heavy atom. The average molecular weight is 244 g/mol. The van der Waals surface area contributed by atoms with Crippen LogP contribution in [0.1, 0.15) is 11.1 Å². The van der Waals surface area contributed by atoms with Crippen molar-refractivity contribution in [2.45, 2.75) is 13.8 Å². The molecule has 8 N–H and O–H groups in total. The number of aryl methyl sites for hydroxylation is 2. The standard InChI is InChI=1S/C8H12N2.C6H8N2/c1-5-3-7(9)4-6(2)8(5)10;7-5-1-2-6(8)4-3-5/h3-4H,9-10H2,1-2H3;1-4H,7-8H2. The van der Waals surface area contributed by atoms with Crippen LogP contribution in [0.4, 0.5) is 22.7 Å². The quantitative estimate of drug-likeness (QED) is 0.534. The predicted octanol–water partition coefficient (Wildman–Crippen LogP) is 2.32. The van der Waals surface area contributed by atoms with Gasteiger partial charge in [0.2, 0.25) is 0 Å². The van der Waals surface area contributed by atoms with Gasteiger partial charge in [0, 0.05) is 22.7 Å². The van der Waals surface area contributed by atoms with Crippen molar-refractivity contribution >= 4 is 22.7 Å². The van der Waals surface area contributed by atoms with E-state index in [1.807, 2.05) is 26.0 Å². The lowest BCUT2D eigenvalue weighted by Gasteiger charge is -2.04. The van der Waals surface area contributed by atoms with Crippen LogP contribution in [0.3, 0.4) is 0 Å². The van der Waals surface area contributed by atoms with Gasteiger partial charge in [-0.2, -0.15) is 0 Å². The van der Waals surface area contributed by atoms with Crippen LogP contribution >= 0.6 is 0 Å². The molecule has 2 rings (SSSR count). The number of hydrogen-bond donors (Lipinski definition) is 4. The number of nitrogen functional groups attached to an aromatic ring is 4. The average Bonchev–Trinajstić information content (AvgIpc) is 2.31. The van der Waals surface area contributed by atoms with Crippen molar-refractivity contribution in [1.29, 1.82) is 0 Å². The fraction of sp³-hybridized carbons (Fsp3) is 0.143. The third-order valence-electron chi connectivity index (χ3n) is 2.55. The fourth-order valence-corrected chi connectivity index (χ4v) is 1.50. The van der Waals surface area contributed by atoms with E-state index in [1.165, 1.54) is 0 Å². The molecule has 0 heterocycles. The minimum atomic E-state index is 0.749. The Morgan fingerprint density at radius 2 is 0.944 bits per heavy atom. The molecule has 0 aliphatic rings. The van der Waals surface area contributed by atoms with Crippen molar-refractivity contribution in [3.8, 4) is 0 Å². The molecule has 0 fully saturated rings. The van der Waals surface area contributed by atoms with Crippen molar-refractivity contribution in [3.05, 3.63) is 47.5 Å². The summed E-state index contributed by atoms with van der Waals surface area (Å²) in [6.07, 6.45) is 0. The Kier molecular flexibility index (Phi) is 4.43. The summed E-state index contributed by atoms with van der Waals surface area (Å²) in [5, 5.41) is 0. The van der Waals surface area contributed by atoms with Crippen LogP contribution in [0.2, 0.25) is 0 Å². The van der Waals surface area contributed by atoms with Gasteiger partial charge in [0.05, 0.1) is 0 Å². The topological polar surface area (TPSA) is 104 Å². The zero-order valence-corrected chi connectivity index (χ0v) is 10.8. The highest BCUT2D eigenvalue weighted by atomic mass is 14.6. The molecule has 0 unspecified atom stereocenters. The largest absolute Gasteiger partial charge is 0.399 e. The van der Waals surface area contributed by atoms with Crippen LogP contribution in [0, 0.1) is 13.8 Å². The summed E-state index contributed by atoms with van der Waals surface area (Å²) in [6, 6.07) is 10.8. The first-order chi connectivity index (χ1) is 8.40.